The van der Waals surface area contributed by atoms with E-state index in [1.165, 1.54) is 0 Å². The van der Waals surface area contributed by atoms with Crippen molar-refractivity contribution in [1.29, 1.82) is 0 Å². The summed E-state index contributed by atoms with van der Waals surface area (Å²) in [4.78, 5) is 4.05. The molecule has 0 radical (unpaired) electrons. The Balaban J connectivity index is 2.60. The standard InChI is InChI=1S/C11H10ClN3/c1-7-8(2)11(12)15-14-10(7)9-4-3-5-13-6-9/h3-6H,1-2H3. The third-order valence-electron chi connectivity index (χ3n) is 2.40. The summed E-state index contributed by atoms with van der Waals surface area (Å²) in [6.07, 6.45) is 3.50. The Labute approximate surface area is 93.1 Å². The number of aromatic nitrogens is 3. The first kappa shape index (κ1) is 10.1. The highest BCUT2D eigenvalue weighted by Gasteiger charge is 2.09. The Morgan fingerprint density at radius 1 is 1.13 bits per heavy atom. The summed E-state index contributed by atoms with van der Waals surface area (Å²) >= 11 is 5.88. The van der Waals surface area contributed by atoms with Crippen molar-refractivity contribution in [3.8, 4) is 11.3 Å². The molecule has 0 saturated carbocycles. The molecule has 0 saturated heterocycles. The van der Waals surface area contributed by atoms with Crippen molar-refractivity contribution in [1.82, 2.24) is 15.2 Å². The predicted molar refractivity (Wildman–Crippen MR) is 59.7 cm³/mol. The lowest BCUT2D eigenvalue weighted by atomic mass is 10.1. The van der Waals surface area contributed by atoms with Gasteiger partial charge in [0.1, 0.15) is 0 Å². The first-order valence-electron chi connectivity index (χ1n) is 4.60. The molecule has 0 amide bonds. The van der Waals surface area contributed by atoms with Gasteiger partial charge in [-0.2, -0.15) is 0 Å². The van der Waals surface area contributed by atoms with E-state index in [2.05, 4.69) is 15.2 Å². The van der Waals surface area contributed by atoms with Crippen molar-refractivity contribution in [3.05, 3.63) is 40.8 Å². The number of pyridine rings is 1. The van der Waals surface area contributed by atoms with Gasteiger partial charge >= 0.3 is 0 Å². The van der Waals surface area contributed by atoms with Gasteiger partial charge in [-0.05, 0) is 37.1 Å². The van der Waals surface area contributed by atoms with Crippen molar-refractivity contribution in [2.24, 2.45) is 0 Å². The van der Waals surface area contributed by atoms with Crippen LogP contribution in [0.2, 0.25) is 5.15 Å². The van der Waals surface area contributed by atoms with Crippen LogP contribution in [0.15, 0.2) is 24.5 Å². The Morgan fingerprint density at radius 2 is 1.93 bits per heavy atom. The van der Waals surface area contributed by atoms with Gasteiger partial charge in [0, 0.05) is 18.0 Å². The van der Waals surface area contributed by atoms with Crippen LogP contribution < -0.4 is 0 Å². The maximum atomic E-state index is 5.88. The van der Waals surface area contributed by atoms with Gasteiger partial charge in [0.25, 0.3) is 0 Å². The van der Waals surface area contributed by atoms with Crippen LogP contribution in [-0.2, 0) is 0 Å². The van der Waals surface area contributed by atoms with Gasteiger partial charge in [-0.25, -0.2) is 0 Å². The van der Waals surface area contributed by atoms with Crippen molar-refractivity contribution in [2.45, 2.75) is 13.8 Å². The van der Waals surface area contributed by atoms with Crippen LogP contribution in [0.25, 0.3) is 11.3 Å². The molecule has 0 aliphatic rings. The highest BCUT2D eigenvalue weighted by atomic mass is 35.5. The molecule has 2 rings (SSSR count). The molecule has 0 N–H and O–H groups in total. The fourth-order valence-corrected chi connectivity index (χ4v) is 1.53. The van der Waals surface area contributed by atoms with E-state index in [9.17, 15) is 0 Å². The fraction of sp³-hybridized carbons (Fsp3) is 0.182. The van der Waals surface area contributed by atoms with Crippen molar-refractivity contribution in [3.63, 3.8) is 0 Å². The lowest BCUT2D eigenvalue weighted by molar-refractivity contribution is 1.00. The SMILES string of the molecule is Cc1c(Cl)nnc(-c2cccnc2)c1C. The Hall–Kier alpha value is -1.48. The monoisotopic (exact) mass is 219 g/mol. The molecule has 0 aromatic carbocycles. The van der Waals surface area contributed by atoms with Gasteiger partial charge in [0.05, 0.1) is 5.69 Å². The molecule has 0 atom stereocenters. The van der Waals surface area contributed by atoms with E-state index < -0.39 is 0 Å². The van der Waals surface area contributed by atoms with Crippen LogP contribution in [0.5, 0.6) is 0 Å². The minimum absolute atomic E-state index is 0.458. The van der Waals surface area contributed by atoms with Gasteiger partial charge in [-0.1, -0.05) is 11.6 Å². The zero-order chi connectivity index (χ0) is 10.8. The zero-order valence-corrected chi connectivity index (χ0v) is 9.28. The van der Waals surface area contributed by atoms with Crippen LogP contribution in [0.4, 0.5) is 0 Å². The normalized spacial score (nSPS) is 10.3. The summed E-state index contributed by atoms with van der Waals surface area (Å²) in [5.41, 5.74) is 3.81. The average molecular weight is 220 g/mol. The maximum absolute atomic E-state index is 5.88. The number of rotatable bonds is 1. The third-order valence-corrected chi connectivity index (χ3v) is 2.76. The van der Waals surface area contributed by atoms with E-state index in [0.29, 0.717) is 5.15 Å². The van der Waals surface area contributed by atoms with Crippen LogP contribution in [0.3, 0.4) is 0 Å². The predicted octanol–water partition coefficient (Wildman–Crippen LogP) is 2.81. The molecule has 0 unspecified atom stereocenters. The Morgan fingerprint density at radius 3 is 2.60 bits per heavy atom. The second-order valence-corrected chi connectivity index (χ2v) is 3.69. The summed E-state index contributed by atoms with van der Waals surface area (Å²) in [5.74, 6) is 0. The van der Waals surface area contributed by atoms with Crippen molar-refractivity contribution in [2.75, 3.05) is 0 Å². The molecule has 0 aliphatic heterocycles. The van der Waals surface area contributed by atoms with E-state index in [-0.39, 0.29) is 0 Å². The van der Waals surface area contributed by atoms with E-state index in [0.717, 1.165) is 22.4 Å². The number of hydrogen-bond acceptors (Lipinski definition) is 3. The second kappa shape index (κ2) is 3.95. The second-order valence-electron chi connectivity index (χ2n) is 3.33. The molecule has 0 spiro atoms. The van der Waals surface area contributed by atoms with Crippen LogP contribution in [0, 0.1) is 13.8 Å². The number of nitrogens with zero attached hydrogens (tertiary/aromatic N) is 3. The highest BCUT2D eigenvalue weighted by Crippen LogP contribution is 2.24. The number of halogens is 1. The van der Waals surface area contributed by atoms with Crippen molar-refractivity contribution < 1.29 is 0 Å². The van der Waals surface area contributed by atoms with Gasteiger partial charge < -0.3 is 0 Å². The fourth-order valence-electron chi connectivity index (χ4n) is 1.35. The zero-order valence-electron chi connectivity index (χ0n) is 8.53. The third kappa shape index (κ3) is 1.83. The van der Waals surface area contributed by atoms with E-state index >= 15 is 0 Å². The highest BCUT2D eigenvalue weighted by molar-refractivity contribution is 6.30. The molecule has 76 valence electrons. The summed E-state index contributed by atoms with van der Waals surface area (Å²) in [5, 5.41) is 8.45. The first-order valence-corrected chi connectivity index (χ1v) is 4.97. The summed E-state index contributed by atoms with van der Waals surface area (Å²) in [6, 6.07) is 3.83. The molecule has 0 fully saturated rings. The average Bonchev–Trinajstić information content (AvgIpc) is 2.27. The molecule has 2 aromatic heterocycles. The summed E-state index contributed by atoms with van der Waals surface area (Å²) < 4.78 is 0. The summed E-state index contributed by atoms with van der Waals surface area (Å²) in [7, 11) is 0. The minimum atomic E-state index is 0.458. The van der Waals surface area contributed by atoms with Gasteiger partial charge in [0.2, 0.25) is 0 Å². The molecule has 3 nitrogen and oxygen atoms in total. The smallest absolute Gasteiger partial charge is 0.154 e. The topological polar surface area (TPSA) is 38.7 Å². The number of hydrogen-bond donors (Lipinski definition) is 0. The largest absolute Gasteiger partial charge is 0.264 e. The molecule has 0 aliphatic carbocycles. The van der Waals surface area contributed by atoms with Crippen molar-refractivity contribution >= 4 is 11.6 Å². The minimum Gasteiger partial charge on any atom is -0.264 e. The van der Waals surface area contributed by atoms with Crippen LogP contribution in [-0.4, -0.2) is 15.2 Å². The molecule has 2 heterocycles. The quantitative estimate of drug-likeness (QED) is 0.740. The lowest BCUT2D eigenvalue weighted by Crippen LogP contribution is -1.96. The molecular formula is C11H10ClN3. The summed E-state index contributed by atoms with van der Waals surface area (Å²) in [6.45, 7) is 3.92. The first-order chi connectivity index (χ1) is 7.20. The van der Waals surface area contributed by atoms with E-state index in [4.69, 9.17) is 11.6 Å². The van der Waals surface area contributed by atoms with Gasteiger partial charge in [-0.3, -0.25) is 4.98 Å². The van der Waals surface area contributed by atoms with E-state index in [1.54, 1.807) is 12.4 Å². The van der Waals surface area contributed by atoms with Crippen LogP contribution >= 0.6 is 11.6 Å². The molecule has 2 aromatic rings. The molecular weight excluding hydrogens is 210 g/mol. The van der Waals surface area contributed by atoms with Gasteiger partial charge in [0.15, 0.2) is 5.15 Å². The Kier molecular flexibility index (Phi) is 2.64. The molecule has 0 bridgehead atoms. The Bertz CT molecular complexity index is 483. The van der Waals surface area contributed by atoms with E-state index in [1.807, 2.05) is 26.0 Å². The van der Waals surface area contributed by atoms with Crippen LogP contribution in [0.1, 0.15) is 11.1 Å². The maximum Gasteiger partial charge on any atom is 0.154 e. The molecule has 4 heteroatoms. The molecule has 15 heavy (non-hydrogen) atoms. The lowest BCUT2D eigenvalue weighted by Gasteiger charge is -2.07. The van der Waals surface area contributed by atoms with Gasteiger partial charge in [-0.15, -0.1) is 10.2 Å².